The maximum absolute atomic E-state index is 12.6. The van der Waals surface area contributed by atoms with Crippen molar-refractivity contribution >= 4 is 23.2 Å². The fourth-order valence-electron chi connectivity index (χ4n) is 2.71. The van der Waals surface area contributed by atoms with Gasteiger partial charge in [0.15, 0.2) is 0 Å². The molecule has 0 saturated heterocycles. The fourth-order valence-corrected chi connectivity index (χ4v) is 2.71. The number of anilines is 3. The van der Waals surface area contributed by atoms with Crippen LogP contribution in [-0.4, -0.2) is 47.5 Å². The number of aliphatic hydroxyl groups excluding tert-OH is 1. The van der Waals surface area contributed by atoms with E-state index in [-0.39, 0.29) is 13.2 Å². The van der Waals surface area contributed by atoms with E-state index in [9.17, 15) is 9.90 Å². The molecule has 0 aliphatic heterocycles. The second-order valence-corrected chi connectivity index (χ2v) is 8.14. The second-order valence-electron chi connectivity index (χ2n) is 8.14. The van der Waals surface area contributed by atoms with Gasteiger partial charge < -0.3 is 36.7 Å². The first-order chi connectivity index (χ1) is 14.0. The molecule has 2 rings (SSSR count). The quantitative estimate of drug-likeness (QED) is 0.485. The Morgan fingerprint density at radius 2 is 1.77 bits per heavy atom. The molecule has 0 saturated carbocycles. The zero-order valence-electron chi connectivity index (χ0n) is 17.8. The largest absolute Gasteiger partial charge is 0.489 e. The number of nitrogens with two attached hydrogens (primary N) is 3. The van der Waals surface area contributed by atoms with E-state index in [1.54, 1.807) is 39.0 Å². The molecule has 2 aromatic carbocycles. The highest BCUT2D eigenvalue weighted by Gasteiger charge is 2.24. The second kappa shape index (κ2) is 10.1. The van der Waals surface area contributed by atoms with Crippen molar-refractivity contribution in [3.63, 3.8) is 0 Å². The SMILES string of the molecule is CC(C)(C)OC(=O)N(CCc1ccc(N)cc1)C[C@@H](O)COc1cccc(N)c1N. The number of ether oxygens (including phenoxy) is 2. The molecule has 2 aromatic rings. The number of nitrogen functional groups attached to an aromatic ring is 3. The van der Waals surface area contributed by atoms with E-state index in [1.165, 1.54) is 4.90 Å². The average molecular weight is 417 g/mol. The van der Waals surface area contributed by atoms with Gasteiger partial charge in [0.1, 0.15) is 24.1 Å². The van der Waals surface area contributed by atoms with Crippen LogP contribution < -0.4 is 21.9 Å². The van der Waals surface area contributed by atoms with Crippen molar-refractivity contribution in [3.8, 4) is 5.75 Å². The van der Waals surface area contributed by atoms with Gasteiger partial charge in [0.25, 0.3) is 0 Å². The summed E-state index contributed by atoms with van der Waals surface area (Å²) >= 11 is 0. The van der Waals surface area contributed by atoms with Crippen molar-refractivity contribution in [1.29, 1.82) is 0 Å². The number of hydrogen-bond donors (Lipinski definition) is 4. The van der Waals surface area contributed by atoms with Crippen LogP contribution in [0, 0.1) is 0 Å². The highest BCUT2D eigenvalue weighted by molar-refractivity contribution is 5.70. The number of hydrogen-bond acceptors (Lipinski definition) is 7. The summed E-state index contributed by atoms with van der Waals surface area (Å²) in [7, 11) is 0. The highest BCUT2D eigenvalue weighted by atomic mass is 16.6. The van der Waals surface area contributed by atoms with Crippen LogP contribution in [-0.2, 0) is 11.2 Å². The van der Waals surface area contributed by atoms with Gasteiger partial charge in [0, 0.05) is 12.2 Å². The van der Waals surface area contributed by atoms with Gasteiger partial charge in [-0.05, 0) is 57.0 Å². The molecule has 164 valence electrons. The summed E-state index contributed by atoms with van der Waals surface area (Å²) in [6.07, 6.45) is -0.847. The molecule has 0 heterocycles. The first-order valence-electron chi connectivity index (χ1n) is 9.82. The van der Waals surface area contributed by atoms with Gasteiger partial charge >= 0.3 is 6.09 Å². The van der Waals surface area contributed by atoms with Gasteiger partial charge in [-0.1, -0.05) is 18.2 Å². The summed E-state index contributed by atoms with van der Waals surface area (Å²) in [5.41, 5.74) is 19.1. The molecular formula is C22H32N4O4. The van der Waals surface area contributed by atoms with Crippen molar-refractivity contribution in [2.75, 3.05) is 36.9 Å². The lowest BCUT2D eigenvalue weighted by atomic mass is 10.1. The molecule has 30 heavy (non-hydrogen) atoms. The molecule has 0 unspecified atom stereocenters. The Balaban J connectivity index is 2.00. The van der Waals surface area contributed by atoms with Crippen LogP contribution in [0.25, 0.3) is 0 Å². The van der Waals surface area contributed by atoms with Crippen molar-refractivity contribution in [1.82, 2.24) is 4.90 Å². The third-order valence-electron chi connectivity index (χ3n) is 4.26. The molecule has 0 aromatic heterocycles. The topological polar surface area (TPSA) is 137 Å². The van der Waals surface area contributed by atoms with E-state index in [0.717, 1.165) is 5.56 Å². The summed E-state index contributed by atoms with van der Waals surface area (Å²) < 4.78 is 11.1. The molecule has 0 fully saturated rings. The number of carbonyl (C=O) groups excluding carboxylic acids is 1. The lowest BCUT2D eigenvalue weighted by Crippen LogP contribution is -2.43. The van der Waals surface area contributed by atoms with Crippen LogP contribution in [0.3, 0.4) is 0 Å². The predicted molar refractivity (Wildman–Crippen MR) is 119 cm³/mol. The van der Waals surface area contributed by atoms with Crippen molar-refractivity contribution in [2.45, 2.75) is 38.9 Å². The van der Waals surface area contributed by atoms with E-state index in [2.05, 4.69) is 0 Å². The molecule has 8 heteroatoms. The van der Waals surface area contributed by atoms with Gasteiger partial charge in [-0.2, -0.15) is 0 Å². The number of aliphatic hydroxyl groups is 1. The summed E-state index contributed by atoms with van der Waals surface area (Å²) in [4.78, 5) is 14.1. The predicted octanol–water partition coefficient (Wildman–Crippen LogP) is 2.65. The van der Waals surface area contributed by atoms with E-state index in [1.807, 2.05) is 24.3 Å². The van der Waals surface area contributed by atoms with E-state index < -0.39 is 17.8 Å². The van der Waals surface area contributed by atoms with Crippen LogP contribution in [0.15, 0.2) is 42.5 Å². The van der Waals surface area contributed by atoms with Crippen LogP contribution in [0.2, 0.25) is 0 Å². The third-order valence-corrected chi connectivity index (χ3v) is 4.26. The molecule has 0 aliphatic rings. The Labute approximate surface area is 177 Å². The minimum absolute atomic E-state index is 0.0468. The minimum atomic E-state index is -0.940. The number of benzene rings is 2. The number of nitrogens with zero attached hydrogens (tertiary/aromatic N) is 1. The minimum Gasteiger partial charge on any atom is -0.489 e. The number of rotatable bonds is 8. The molecule has 1 amide bonds. The Bertz CT molecular complexity index is 834. The van der Waals surface area contributed by atoms with Gasteiger partial charge in [-0.25, -0.2) is 4.79 Å². The van der Waals surface area contributed by atoms with Gasteiger partial charge in [-0.3, -0.25) is 0 Å². The van der Waals surface area contributed by atoms with Crippen molar-refractivity contribution in [3.05, 3.63) is 48.0 Å². The molecule has 1 atom stereocenters. The molecular weight excluding hydrogens is 384 g/mol. The summed E-state index contributed by atoms with van der Waals surface area (Å²) in [6.45, 7) is 5.76. The van der Waals surface area contributed by atoms with Crippen molar-refractivity contribution in [2.24, 2.45) is 0 Å². The molecule has 0 radical (unpaired) electrons. The van der Waals surface area contributed by atoms with Gasteiger partial charge in [0.2, 0.25) is 0 Å². The molecule has 0 spiro atoms. The first-order valence-corrected chi connectivity index (χ1v) is 9.82. The zero-order valence-corrected chi connectivity index (χ0v) is 17.8. The summed E-state index contributed by atoms with van der Waals surface area (Å²) in [6, 6.07) is 12.5. The lowest BCUT2D eigenvalue weighted by molar-refractivity contribution is 0.00949. The standard InChI is InChI=1S/C22H32N4O4/c1-22(2,3)30-21(28)26(12-11-15-7-9-16(23)10-8-15)13-17(27)14-29-19-6-4-5-18(24)20(19)25/h4-10,17,27H,11-14,23-25H2,1-3H3/t17-/m1/s1. The summed E-state index contributed by atoms with van der Waals surface area (Å²) in [5, 5.41) is 10.5. The Morgan fingerprint density at radius 3 is 2.40 bits per heavy atom. The monoisotopic (exact) mass is 416 g/mol. The maximum atomic E-state index is 12.6. The number of carbonyl (C=O) groups is 1. The van der Waals surface area contributed by atoms with E-state index >= 15 is 0 Å². The zero-order chi connectivity index (χ0) is 22.3. The van der Waals surface area contributed by atoms with E-state index in [0.29, 0.717) is 35.8 Å². The van der Waals surface area contributed by atoms with Crippen LogP contribution >= 0.6 is 0 Å². The molecule has 0 bridgehead atoms. The van der Waals surface area contributed by atoms with Gasteiger partial charge in [-0.15, -0.1) is 0 Å². The summed E-state index contributed by atoms with van der Waals surface area (Å²) in [5.74, 6) is 0.389. The molecule has 7 N–H and O–H groups in total. The van der Waals surface area contributed by atoms with E-state index in [4.69, 9.17) is 26.7 Å². The highest BCUT2D eigenvalue weighted by Crippen LogP contribution is 2.26. The number of amides is 1. The Morgan fingerprint density at radius 1 is 1.10 bits per heavy atom. The average Bonchev–Trinajstić information content (AvgIpc) is 2.66. The first kappa shape index (κ1) is 23.2. The van der Waals surface area contributed by atoms with Crippen LogP contribution in [0.1, 0.15) is 26.3 Å². The smallest absolute Gasteiger partial charge is 0.410 e. The fraction of sp³-hybridized carbons (Fsp3) is 0.409. The van der Waals surface area contributed by atoms with Gasteiger partial charge in [0.05, 0.1) is 17.9 Å². The molecule has 8 nitrogen and oxygen atoms in total. The number of para-hydroxylation sites is 1. The molecule has 0 aliphatic carbocycles. The van der Waals surface area contributed by atoms with Crippen molar-refractivity contribution < 1.29 is 19.4 Å². The Hall–Kier alpha value is -3.13. The normalized spacial score (nSPS) is 12.3. The Kier molecular flexibility index (Phi) is 7.77. The lowest BCUT2D eigenvalue weighted by Gasteiger charge is -2.29. The van der Waals surface area contributed by atoms with Crippen LogP contribution in [0.5, 0.6) is 5.75 Å². The third kappa shape index (κ3) is 7.36. The maximum Gasteiger partial charge on any atom is 0.410 e. The van der Waals surface area contributed by atoms with Crippen LogP contribution in [0.4, 0.5) is 21.9 Å².